The van der Waals surface area contributed by atoms with Crippen LogP contribution in [0.25, 0.3) is 0 Å². The molecule has 0 saturated heterocycles. The van der Waals surface area contributed by atoms with E-state index >= 15 is 0 Å². The summed E-state index contributed by atoms with van der Waals surface area (Å²) < 4.78 is 6.86. The number of rotatable bonds is 7. The second kappa shape index (κ2) is 9.17. The van der Waals surface area contributed by atoms with Crippen molar-refractivity contribution in [3.05, 3.63) is 47.8 Å². The molecule has 0 aliphatic rings. The predicted octanol–water partition coefficient (Wildman–Crippen LogP) is 1.83. The maximum Gasteiger partial charge on any atom is 0.254 e. The van der Waals surface area contributed by atoms with Crippen molar-refractivity contribution in [1.82, 2.24) is 15.1 Å². The van der Waals surface area contributed by atoms with Gasteiger partial charge in [-0.15, -0.1) is 12.4 Å². The summed E-state index contributed by atoms with van der Waals surface area (Å²) in [4.78, 5) is 12.0. The van der Waals surface area contributed by atoms with Crippen molar-refractivity contribution in [3.63, 3.8) is 0 Å². The number of halogens is 1. The van der Waals surface area contributed by atoms with Crippen LogP contribution in [-0.2, 0) is 6.54 Å². The van der Waals surface area contributed by atoms with Crippen molar-refractivity contribution in [2.24, 2.45) is 5.73 Å². The number of methoxy groups -OCH3 is 1. The van der Waals surface area contributed by atoms with Gasteiger partial charge in [0.25, 0.3) is 5.91 Å². The van der Waals surface area contributed by atoms with Gasteiger partial charge in [0.15, 0.2) is 0 Å². The number of amides is 1. The van der Waals surface area contributed by atoms with E-state index in [0.29, 0.717) is 18.7 Å². The number of aromatic nitrogens is 2. The van der Waals surface area contributed by atoms with Gasteiger partial charge in [-0.25, -0.2) is 0 Å². The second-order valence-corrected chi connectivity index (χ2v) is 5.30. The predicted molar refractivity (Wildman–Crippen MR) is 92.2 cm³/mol. The molecule has 2 aromatic rings. The molecule has 1 aromatic heterocycles. The first-order valence-electron chi connectivity index (χ1n) is 7.27. The van der Waals surface area contributed by atoms with Crippen molar-refractivity contribution in [2.75, 3.05) is 13.7 Å². The Kier molecular flexibility index (Phi) is 7.57. The summed E-state index contributed by atoms with van der Waals surface area (Å²) >= 11 is 0. The highest BCUT2D eigenvalue weighted by Gasteiger charge is 2.08. The molecule has 1 heterocycles. The zero-order valence-corrected chi connectivity index (χ0v) is 14.2. The lowest BCUT2D eigenvalue weighted by molar-refractivity contribution is 0.0952. The number of nitrogens with two attached hydrogens (primary N) is 1. The van der Waals surface area contributed by atoms with Crippen molar-refractivity contribution in [3.8, 4) is 5.75 Å². The van der Waals surface area contributed by atoms with Gasteiger partial charge in [-0.1, -0.05) is 12.1 Å². The van der Waals surface area contributed by atoms with Crippen LogP contribution in [0, 0.1) is 0 Å². The number of benzene rings is 1. The number of hydrogen-bond acceptors (Lipinski definition) is 4. The van der Waals surface area contributed by atoms with Crippen molar-refractivity contribution >= 4 is 18.3 Å². The Morgan fingerprint density at radius 3 is 2.70 bits per heavy atom. The van der Waals surface area contributed by atoms with Crippen molar-refractivity contribution < 1.29 is 9.53 Å². The van der Waals surface area contributed by atoms with Gasteiger partial charge in [0.2, 0.25) is 0 Å². The molecule has 23 heavy (non-hydrogen) atoms. The lowest BCUT2D eigenvalue weighted by atomic mass is 10.2. The Labute approximate surface area is 142 Å². The molecule has 0 aliphatic carbocycles. The van der Waals surface area contributed by atoms with Crippen molar-refractivity contribution in [1.29, 1.82) is 0 Å². The summed E-state index contributed by atoms with van der Waals surface area (Å²) in [7, 11) is 1.64. The summed E-state index contributed by atoms with van der Waals surface area (Å²) in [6.07, 6.45) is 4.07. The molecular formula is C16H23ClN4O2. The normalized spacial score (nSPS) is 11.4. The molecule has 7 heteroatoms. The van der Waals surface area contributed by atoms with E-state index in [4.69, 9.17) is 10.5 Å². The van der Waals surface area contributed by atoms with E-state index < -0.39 is 0 Å². The monoisotopic (exact) mass is 338 g/mol. The number of nitrogens with one attached hydrogen (secondary N) is 1. The van der Waals surface area contributed by atoms with Crippen LogP contribution in [0.15, 0.2) is 36.7 Å². The topological polar surface area (TPSA) is 82.2 Å². The standard InChI is InChI=1S/C16H22N4O2.ClH/c1-12(17)7-8-18-16(21)14-9-19-20(11-14)10-13-3-5-15(22-2)6-4-13;/h3-6,9,11-12H,7-8,10,17H2,1-2H3,(H,18,21);1H. The van der Waals surface area contributed by atoms with Gasteiger partial charge in [0.1, 0.15) is 5.75 Å². The maximum atomic E-state index is 12.0. The fourth-order valence-electron chi connectivity index (χ4n) is 2.00. The average molecular weight is 339 g/mol. The molecule has 1 unspecified atom stereocenters. The quantitative estimate of drug-likeness (QED) is 0.807. The third kappa shape index (κ3) is 5.92. The van der Waals surface area contributed by atoms with Crippen LogP contribution in [0.5, 0.6) is 5.75 Å². The van der Waals surface area contributed by atoms with Gasteiger partial charge in [-0.2, -0.15) is 5.10 Å². The Hall–Kier alpha value is -2.05. The largest absolute Gasteiger partial charge is 0.497 e. The molecule has 1 amide bonds. The van der Waals surface area contributed by atoms with E-state index in [1.54, 1.807) is 24.2 Å². The molecule has 0 fully saturated rings. The summed E-state index contributed by atoms with van der Waals surface area (Å²) in [6, 6.07) is 7.84. The SMILES string of the molecule is COc1ccc(Cn2cc(C(=O)NCCC(C)N)cn2)cc1.Cl. The average Bonchev–Trinajstić information content (AvgIpc) is 2.96. The van der Waals surface area contributed by atoms with Crippen LogP contribution in [-0.4, -0.2) is 35.4 Å². The van der Waals surface area contributed by atoms with Gasteiger partial charge in [-0.3, -0.25) is 9.48 Å². The molecule has 126 valence electrons. The highest BCUT2D eigenvalue weighted by molar-refractivity contribution is 5.93. The number of ether oxygens (including phenoxy) is 1. The smallest absolute Gasteiger partial charge is 0.254 e. The van der Waals surface area contributed by atoms with Crippen LogP contribution in [0.1, 0.15) is 29.3 Å². The van der Waals surface area contributed by atoms with E-state index in [2.05, 4.69) is 10.4 Å². The Morgan fingerprint density at radius 2 is 2.09 bits per heavy atom. The molecule has 0 aliphatic heterocycles. The highest BCUT2D eigenvalue weighted by atomic mass is 35.5. The number of hydrogen-bond donors (Lipinski definition) is 2. The lowest BCUT2D eigenvalue weighted by Crippen LogP contribution is -2.28. The minimum absolute atomic E-state index is 0. The van der Waals surface area contributed by atoms with Gasteiger partial charge < -0.3 is 15.8 Å². The molecule has 0 radical (unpaired) electrons. The summed E-state index contributed by atoms with van der Waals surface area (Å²) in [6.45, 7) is 3.09. The molecule has 0 saturated carbocycles. The molecule has 3 N–H and O–H groups in total. The molecule has 0 bridgehead atoms. The first-order valence-corrected chi connectivity index (χ1v) is 7.27. The van der Waals surface area contributed by atoms with Crippen LogP contribution in [0.4, 0.5) is 0 Å². The number of nitrogens with zero attached hydrogens (tertiary/aromatic N) is 2. The van der Waals surface area contributed by atoms with Gasteiger partial charge in [0, 0.05) is 18.8 Å². The van der Waals surface area contributed by atoms with E-state index in [1.165, 1.54) is 0 Å². The Morgan fingerprint density at radius 1 is 1.39 bits per heavy atom. The molecular weight excluding hydrogens is 316 g/mol. The Bertz CT molecular complexity index is 611. The molecule has 0 spiro atoms. The third-order valence-electron chi connectivity index (χ3n) is 3.28. The summed E-state index contributed by atoms with van der Waals surface area (Å²) in [5.74, 6) is 0.694. The van der Waals surface area contributed by atoms with E-state index in [9.17, 15) is 4.79 Å². The van der Waals surface area contributed by atoms with Gasteiger partial charge >= 0.3 is 0 Å². The first-order chi connectivity index (χ1) is 10.6. The number of carbonyl (C=O) groups is 1. The minimum Gasteiger partial charge on any atom is -0.497 e. The summed E-state index contributed by atoms with van der Waals surface area (Å²) in [5, 5.41) is 7.05. The van der Waals surface area contributed by atoms with Crippen LogP contribution >= 0.6 is 12.4 Å². The summed E-state index contributed by atoms with van der Waals surface area (Å²) in [5.41, 5.74) is 7.30. The fraction of sp³-hybridized carbons (Fsp3) is 0.375. The van der Waals surface area contributed by atoms with Crippen LogP contribution < -0.4 is 15.8 Å². The van der Waals surface area contributed by atoms with Crippen molar-refractivity contribution in [2.45, 2.75) is 25.9 Å². The fourth-order valence-corrected chi connectivity index (χ4v) is 2.00. The zero-order valence-electron chi connectivity index (χ0n) is 13.4. The van der Waals surface area contributed by atoms with E-state index in [1.807, 2.05) is 31.2 Å². The molecule has 2 rings (SSSR count). The molecule has 6 nitrogen and oxygen atoms in total. The van der Waals surface area contributed by atoms with Crippen LogP contribution in [0.2, 0.25) is 0 Å². The van der Waals surface area contributed by atoms with Gasteiger partial charge in [-0.05, 0) is 31.0 Å². The third-order valence-corrected chi connectivity index (χ3v) is 3.28. The lowest BCUT2D eigenvalue weighted by Gasteiger charge is -2.06. The zero-order chi connectivity index (χ0) is 15.9. The second-order valence-electron chi connectivity index (χ2n) is 5.30. The maximum absolute atomic E-state index is 12.0. The Balaban J connectivity index is 0.00000264. The van der Waals surface area contributed by atoms with Gasteiger partial charge in [0.05, 0.1) is 25.4 Å². The number of carbonyl (C=O) groups excluding carboxylic acids is 1. The van der Waals surface area contributed by atoms with Crippen LogP contribution in [0.3, 0.4) is 0 Å². The van der Waals surface area contributed by atoms with E-state index in [-0.39, 0.29) is 24.4 Å². The highest BCUT2D eigenvalue weighted by Crippen LogP contribution is 2.12. The van der Waals surface area contributed by atoms with E-state index in [0.717, 1.165) is 17.7 Å². The minimum atomic E-state index is -0.123. The first kappa shape index (κ1) is 19.0. The molecule has 1 aromatic carbocycles. The molecule has 1 atom stereocenters.